The van der Waals surface area contributed by atoms with E-state index in [4.69, 9.17) is 4.74 Å². The van der Waals surface area contributed by atoms with Crippen LogP contribution >= 0.6 is 11.3 Å². The summed E-state index contributed by atoms with van der Waals surface area (Å²) in [6, 6.07) is 9.23. The summed E-state index contributed by atoms with van der Waals surface area (Å²) in [7, 11) is 0. The molecule has 1 aromatic carbocycles. The number of ether oxygens (including phenoxy) is 1. The molecule has 0 aliphatic carbocycles. The summed E-state index contributed by atoms with van der Waals surface area (Å²) >= 11 is 1.88. The van der Waals surface area contributed by atoms with Crippen molar-refractivity contribution in [3.8, 4) is 5.75 Å². The lowest BCUT2D eigenvalue weighted by Crippen LogP contribution is -2.18. The molecule has 3 rings (SSSR count). The fourth-order valence-corrected chi connectivity index (χ4v) is 3.83. The predicted octanol–water partition coefficient (Wildman–Crippen LogP) is 4.15. The molecule has 0 bridgehead atoms. The van der Waals surface area contributed by atoms with Gasteiger partial charge in [-0.1, -0.05) is 12.1 Å². The van der Waals surface area contributed by atoms with Crippen molar-refractivity contribution in [1.29, 1.82) is 0 Å². The Morgan fingerprint density at radius 3 is 2.90 bits per heavy atom. The summed E-state index contributed by atoms with van der Waals surface area (Å²) in [6.07, 6.45) is 1.04. The van der Waals surface area contributed by atoms with E-state index in [0.29, 0.717) is 6.04 Å². The molecule has 1 unspecified atom stereocenters. The zero-order valence-corrected chi connectivity index (χ0v) is 13.1. The molecule has 0 amide bonds. The summed E-state index contributed by atoms with van der Waals surface area (Å²) in [5.74, 6) is 1.06. The molecule has 1 aliphatic heterocycles. The number of thiophene rings is 1. The molecular weight excluding hydrogens is 266 g/mol. The lowest BCUT2D eigenvalue weighted by atomic mass is 10.1. The van der Waals surface area contributed by atoms with Crippen molar-refractivity contribution in [3.05, 3.63) is 50.7 Å². The first-order valence-corrected chi connectivity index (χ1v) is 8.00. The molecule has 2 heterocycles. The molecule has 0 saturated carbocycles. The Labute approximate surface area is 124 Å². The second-order valence-corrected chi connectivity index (χ2v) is 6.97. The van der Waals surface area contributed by atoms with Crippen LogP contribution in [-0.2, 0) is 13.0 Å². The van der Waals surface area contributed by atoms with Gasteiger partial charge in [-0.05, 0) is 49.6 Å². The number of aryl methyl sites for hydroxylation is 2. The van der Waals surface area contributed by atoms with Gasteiger partial charge < -0.3 is 10.1 Å². The minimum absolute atomic E-state index is 0.393. The lowest BCUT2D eigenvalue weighted by Gasteiger charge is -2.14. The van der Waals surface area contributed by atoms with Gasteiger partial charge in [-0.2, -0.15) is 0 Å². The molecule has 2 aromatic rings. The average Bonchev–Trinajstić information content (AvgIpc) is 3.01. The third kappa shape index (κ3) is 2.74. The van der Waals surface area contributed by atoms with Gasteiger partial charge in [0.2, 0.25) is 0 Å². The lowest BCUT2D eigenvalue weighted by molar-refractivity contribution is 0.357. The zero-order chi connectivity index (χ0) is 14.1. The molecular formula is C17H21NOS. The second-order valence-electron chi connectivity index (χ2n) is 5.51. The van der Waals surface area contributed by atoms with Crippen LogP contribution in [-0.4, -0.2) is 6.61 Å². The van der Waals surface area contributed by atoms with E-state index in [0.717, 1.165) is 25.3 Å². The van der Waals surface area contributed by atoms with Crippen LogP contribution in [0.5, 0.6) is 5.75 Å². The van der Waals surface area contributed by atoms with Gasteiger partial charge in [0.1, 0.15) is 5.75 Å². The molecule has 2 nitrogen and oxygen atoms in total. The van der Waals surface area contributed by atoms with Gasteiger partial charge in [-0.15, -0.1) is 11.3 Å². The average molecular weight is 287 g/mol. The third-order valence-electron chi connectivity index (χ3n) is 3.91. The van der Waals surface area contributed by atoms with Crippen LogP contribution in [0, 0.1) is 13.8 Å². The standard InChI is InChI=1S/C17H21NOS/c1-11-8-16(13(3)20-11)12(2)18-10-14-4-5-17-15(9-14)6-7-19-17/h4-5,8-9,12,18H,6-7,10H2,1-3H3. The number of rotatable bonds is 4. The Kier molecular flexibility index (Phi) is 3.81. The van der Waals surface area contributed by atoms with Crippen molar-refractivity contribution in [2.45, 2.75) is 39.8 Å². The fourth-order valence-electron chi connectivity index (χ4n) is 2.81. The van der Waals surface area contributed by atoms with E-state index in [1.165, 1.54) is 26.4 Å². The summed E-state index contributed by atoms with van der Waals surface area (Å²) in [6.45, 7) is 8.36. The minimum atomic E-state index is 0.393. The van der Waals surface area contributed by atoms with Crippen molar-refractivity contribution in [1.82, 2.24) is 5.32 Å². The predicted molar refractivity (Wildman–Crippen MR) is 84.7 cm³/mol. The maximum absolute atomic E-state index is 5.55. The van der Waals surface area contributed by atoms with E-state index in [9.17, 15) is 0 Å². The Bertz CT molecular complexity index is 617. The number of hydrogen-bond donors (Lipinski definition) is 1. The molecule has 0 saturated heterocycles. The van der Waals surface area contributed by atoms with E-state index in [-0.39, 0.29) is 0 Å². The largest absolute Gasteiger partial charge is 0.493 e. The molecule has 1 N–H and O–H groups in total. The molecule has 106 valence electrons. The Hall–Kier alpha value is -1.32. The van der Waals surface area contributed by atoms with Crippen molar-refractivity contribution in [2.24, 2.45) is 0 Å². The summed E-state index contributed by atoms with van der Waals surface area (Å²) in [5.41, 5.74) is 4.11. The Balaban J connectivity index is 1.66. The van der Waals surface area contributed by atoms with Crippen LogP contribution in [0.3, 0.4) is 0 Å². The maximum Gasteiger partial charge on any atom is 0.122 e. The third-order valence-corrected chi connectivity index (χ3v) is 4.89. The van der Waals surface area contributed by atoms with E-state index < -0.39 is 0 Å². The summed E-state index contributed by atoms with van der Waals surface area (Å²) in [5, 5.41) is 3.63. The van der Waals surface area contributed by atoms with Gasteiger partial charge in [0.25, 0.3) is 0 Å². The number of hydrogen-bond acceptors (Lipinski definition) is 3. The highest BCUT2D eigenvalue weighted by Crippen LogP contribution is 2.28. The van der Waals surface area contributed by atoms with E-state index in [2.05, 4.69) is 50.4 Å². The first-order chi connectivity index (χ1) is 9.63. The molecule has 1 aromatic heterocycles. The van der Waals surface area contributed by atoms with Crippen LogP contribution in [0.2, 0.25) is 0 Å². The molecule has 0 fully saturated rings. The van der Waals surface area contributed by atoms with E-state index in [1.54, 1.807) is 0 Å². The van der Waals surface area contributed by atoms with Crippen LogP contribution < -0.4 is 10.1 Å². The molecule has 20 heavy (non-hydrogen) atoms. The number of nitrogens with one attached hydrogen (secondary N) is 1. The molecule has 0 radical (unpaired) electrons. The second kappa shape index (κ2) is 5.58. The van der Waals surface area contributed by atoms with Gasteiger partial charge in [-0.25, -0.2) is 0 Å². The maximum atomic E-state index is 5.55. The van der Waals surface area contributed by atoms with Crippen LogP contribution in [0.4, 0.5) is 0 Å². The van der Waals surface area contributed by atoms with E-state index in [1.807, 2.05) is 11.3 Å². The number of benzene rings is 1. The molecule has 1 aliphatic rings. The van der Waals surface area contributed by atoms with Gasteiger partial charge in [0.15, 0.2) is 0 Å². The Morgan fingerprint density at radius 1 is 1.30 bits per heavy atom. The molecule has 3 heteroatoms. The van der Waals surface area contributed by atoms with Crippen molar-refractivity contribution in [2.75, 3.05) is 6.61 Å². The van der Waals surface area contributed by atoms with Crippen molar-refractivity contribution in [3.63, 3.8) is 0 Å². The highest BCUT2D eigenvalue weighted by atomic mass is 32.1. The smallest absolute Gasteiger partial charge is 0.122 e. The van der Waals surface area contributed by atoms with Crippen molar-refractivity contribution >= 4 is 11.3 Å². The van der Waals surface area contributed by atoms with E-state index >= 15 is 0 Å². The SMILES string of the molecule is Cc1cc(C(C)NCc2ccc3c(c2)CCO3)c(C)s1. The monoisotopic (exact) mass is 287 g/mol. The normalized spacial score (nSPS) is 14.9. The topological polar surface area (TPSA) is 21.3 Å². The van der Waals surface area contributed by atoms with Crippen LogP contribution in [0.25, 0.3) is 0 Å². The summed E-state index contributed by atoms with van der Waals surface area (Å²) in [4.78, 5) is 2.81. The first kappa shape index (κ1) is 13.7. The van der Waals surface area contributed by atoms with Gasteiger partial charge >= 0.3 is 0 Å². The quantitative estimate of drug-likeness (QED) is 0.912. The molecule has 1 atom stereocenters. The molecule has 0 spiro atoms. The van der Waals surface area contributed by atoms with Crippen LogP contribution in [0.15, 0.2) is 24.3 Å². The van der Waals surface area contributed by atoms with Crippen molar-refractivity contribution < 1.29 is 4.74 Å². The van der Waals surface area contributed by atoms with Gasteiger partial charge in [0, 0.05) is 28.8 Å². The van der Waals surface area contributed by atoms with Gasteiger partial charge in [-0.3, -0.25) is 0 Å². The summed E-state index contributed by atoms with van der Waals surface area (Å²) < 4.78 is 5.55. The fraction of sp³-hybridized carbons (Fsp3) is 0.412. The van der Waals surface area contributed by atoms with Gasteiger partial charge in [0.05, 0.1) is 6.61 Å². The Morgan fingerprint density at radius 2 is 2.15 bits per heavy atom. The highest BCUT2D eigenvalue weighted by molar-refractivity contribution is 7.12. The minimum Gasteiger partial charge on any atom is -0.493 e. The zero-order valence-electron chi connectivity index (χ0n) is 12.3. The number of fused-ring (bicyclic) bond motifs is 1. The highest BCUT2D eigenvalue weighted by Gasteiger charge is 2.13. The first-order valence-electron chi connectivity index (χ1n) is 7.18. The van der Waals surface area contributed by atoms with Crippen LogP contribution in [0.1, 0.15) is 39.4 Å².